The van der Waals surface area contributed by atoms with Crippen LogP contribution >= 0.6 is 11.6 Å². The zero-order chi connectivity index (χ0) is 15.0. The van der Waals surface area contributed by atoms with Crippen molar-refractivity contribution in [2.45, 2.75) is 43.6 Å². The number of carboxylic acid groups (broad SMARTS) is 1. The van der Waals surface area contributed by atoms with Crippen molar-refractivity contribution >= 4 is 23.5 Å². The summed E-state index contributed by atoms with van der Waals surface area (Å²) < 4.78 is 0. The van der Waals surface area contributed by atoms with E-state index >= 15 is 0 Å². The molecule has 2 aliphatic rings. The summed E-state index contributed by atoms with van der Waals surface area (Å²) in [7, 11) is 0. The standard InChI is InChI=1S/C16H18ClNO3/c17-12-4-2-11(3-5-12)16(7-8-16)15(21)18-13-6-1-10(9-13)14(19)20/h2-5,10,13H,1,6-9H2,(H,18,21)(H,19,20)/t10-,13+/m1/s1. The molecule has 2 atom stereocenters. The van der Waals surface area contributed by atoms with E-state index in [-0.39, 0.29) is 17.9 Å². The summed E-state index contributed by atoms with van der Waals surface area (Å²) in [6.07, 6.45) is 3.62. The minimum absolute atomic E-state index is 0.0108. The summed E-state index contributed by atoms with van der Waals surface area (Å²) >= 11 is 5.89. The zero-order valence-corrected chi connectivity index (χ0v) is 12.4. The predicted molar refractivity (Wildman–Crippen MR) is 79.3 cm³/mol. The second kappa shape index (κ2) is 5.34. The maximum Gasteiger partial charge on any atom is 0.306 e. The number of rotatable bonds is 4. The number of aliphatic carboxylic acids is 1. The Bertz CT molecular complexity index is 565. The second-order valence-electron chi connectivity index (χ2n) is 6.11. The van der Waals surface area contributed by atoms with E-state index in [1.807, 2.05) is 12.1 Å². The van der Waals surface area contributed by atoms with Crippen LogP contribution in [0.15, 0.2) is 24.3 Å². The Morgan fingerprint density at radius 2 is 1.86 bits per heavy atom. The molecule has 2 aliphatic carbocycles. The Labute approximate surface area is 128 Å². The van der Waals surface area contributed by atoms with Gasteiger partial charge in [-0.15, -0.1) is 0 Å². The number of halogens is 1. The van der Waals surface area contributed by atoms with Gasteiger partial charge in [-0.3, -0.25) is 9.59 Å². The van der Waals surface area contributed by atoms with Crippen LogP contribution in [0.25, 0.3) is 0 Å². The maximum atomic E-state index is 12.6. The second-order valence-corrected chi connectivity index (χ2v) is 6.54. The van der Waals surface area contributed by atoms with E-state index in [0.717, 1.165) is 24.8 Å². The number of carbonyl (C=O) groups excluding carboxylic acids is 1. The van der Waals surface area contributed by atoms with Crippen LogP contribution in [-0.2, 0) is 15.0 Å². The highest BCUT2D eigenvalue weighted by atomic mass is 35.5. The van der Waals surface area contributed by atoms with E-state index in [4.69, 9.17) is 16.7 Å². The monoisotopic (exact) mass is 307 g/mol. The van der Waals surface area contributed by atoms with Gasteiger partial charge in [-0.05, 0) is 49.8 Å². The molecule has 0 unspecified atom stereocenters. The van der Waals surface area contributed by atoms with Crippen LogP contribution in [0.4, 0.5) is 0 Å². The van der Waals surface area contributed by atoms with Gasteiger partial charge < -0.3 is 10.4 Å². The summed E-state index contributed by atoms with van der Waals surface area (Å²) in [5, 5.41) is 12.7. The number of hydrogen-bond acceptors (Lipinski definition) is 2. The highest BCUT2D eigenvalue weighted by Gasteiger charge is 2.51. The molecule has 5 heteroatoms. The molecule has 2 fully saturated rings. The number of amides is 1. The molecule has 1 amide bonds. The molecule has 0 aliphatic heterocycles. The molecule has 0 aromatic heterocycles. The quantitative estimate of drug-likeness (QED) is 0.899. The minimum Gasteiger partial charge on any atom is -0.481 e. The van der Waals surface area contributed by atoms with Crippen molar-refractivity contribution in [3.63, 3.8) is 0 Å². The summed E-state index contributed by atoms with van der Waals surface area (Å²) in [6, 6.07) is 7.41. The van der Waals surface area contributed by atoms with Crippen molar-refractivity contribution < 1.29 is 14.7 Å². The van der Waals surface area contributed by atoms with E-state index in [0.29, 0.717) is 17.9 Å². The van der Waals surface area contributed by atoms with Crippen LogP contribution in [-0.4, -0.2) is 23.0 Å². The largest absolute Gasteiger partial charge is 0.481 e. The topological polar surface area (TPSA) is 66.4 Å². The van der Waals surface area contributed by atoms with Crippen LogP contribution in [0.1, 0.15) is 37.7 Å². The highest BCUT2D eigenvalue weighted by molar-refractivity contribution is 6.30. The third kappa shape index (κ3) is 2.77. The molecule has 2 N–H and O–H groups in total. The molecule has 0 bridgehead atoms. The van der Waals surface area contributed by atoms with Gasteiger partial charge in [-0.2, -0.15) is 0 Å². The smallest absolute Gasteiger partial charge is 0.306 e. The van der Waals surface area contributed by atoms with Gasteiger partial charge >= 0.3 is 5.97 Å². The van der Waals surface area contributed by atoms with Gasteiger partial charge in [0.05, 0.1) is 11.3 Å². The molecular formula is C16H18ClNO3. The molecule has 0 saturated heterocycles. The molecule has 0 spiro atoms. The molecule has 3 rings (SSSR count). The lowest BCUT2D eigenvalue weighted by molar-refractivity contribution is -0.141. The average molecular weight is 308 g/mol. The van der Waals surface area contributed by atoms with Gasteiger partial charge in [-0.25, -0.2) is 0 Å². The maximum absolute atomic E-state index is 12.6. The fraction of sp³-hybridized carbons (Fsp3) is 0.500. The molecule has 1 aromatic rings. The third-order valence-corrected chi connectivity index (χ3v) is 4.95. The molecule has 0 heterocycles. The lowest BCUT2D eigenvalue weighted by atomic mass is 9.94. The van der Waals surface area contributed by atoms with Crippen molar-refractivity contribution in [2.75, 3.05) is 0 Å². The van der Waals surface area contributed by atoms with E-state index < -0.39 is 11.4 Å². The molecule has 1 aromatic carbocycles. The fourth-order valence-electron chi connectivity index (χ4n) is 3.20. The summed E-state index contributed by atoms with van der Waals surface area (Å²) in [6.45, 7) is 0. The molecule has 4 nitrogen and oxygen atoms in total. The van der Waals surface area contributed by atoms with Gasteiger partial charge in [0.25, 0.3) is 0 Å². The number of benzene rings is 1. The van der Waals surface area contributed by atoms with Crippen LogP contribution in [0.5, 0.6) is 0 Å². The minimum atomic E-state index is -0.759. The average Bonchev–Trinajstić information content (AvgIpc) is 3.13. The van der Waals surface area contributed by atoms with Gasteiger partial charge in [0, 0.05) is 11.1 Å². The zero-order valence-electron chi connectivity index (χ0n) is 11.6. The Kier molecular flexibility index (Phi) is 3.66. The van der Waals surface area contributed by atoms with E-state index in [1.165, 1.54) is 0 Å². The predicted octanol–water partition coefficient (Wildman–Crippen LogP) is 2.74. The Hall–Kier alpha value is -1.55. The molecule has 0 radical (unpaired) electrons. The number of nitrogens with one attached hydrogen (secondary N) is 1. The van der Waals surface area contributed by atoms with Crippen LogP contribution in [0, 0.1) is 5.92 Å². The Morgan fingerprint density at radius 3 is 2.38 bits per heavy atom. The van der Waals surface area contributed by atoms with Crippen molar-refractivity contribution in [3.05, 3.63) is 34.9 Å². The van der Waals surface area contributed by atoms with Gasteiger partial charge in [0.2, 0.25) is 5.91 Å². The first-order valence-electron chi connectivity index (χ1n) is 7.31. The first-order valence-corrected chi connectivity index (χ1v) is 7.69. The SMILES string of the molecule is O=C(O)[C@@H]1CC[C@H](NC(=O)C2(c3ccc(Cl)cc3)CC2)C1. The third-order valence-electron chi connectivity index (χ3n) is 4.70. The summed E-state index contributed by atoms with van der Waals surface area (Å²) in [5.41, 5.74) is 0.573. The van der Waals surface area contributed by atoms with Gasteiger partial charge in [0.15, 0.2) is 0 Å². The molecule has 2 saturated carbocycles. The number of carbonyl (C=O) groups is 2. The van der Waals surface area contributed by atoms with Gasteiger partial charge in [-0.1, -0.05) is 23.7 Å². The van der Waals surface area contributed by atoms with Crippen molar-refractivity contribution in [3.8, 4) is 0 Å². The molecule has 21 heavy (non-hydrogen) atoms. The summed E-state index contributed by atoms with van der Waals surface area (Å²) in [5.74, 6) is -1.05. The normalized spacial score (nSPS) is 26.3. The first-order chi connectivity index (χ1) is 10.0. The Balaban J connectivity index is 1.66. The van der Waals surface area contributed by atoms with E-state index in [2.05, 4.69) is 5.32 Å². The highest BCUT2D eigenvalue weighted by Crippen LogP contribution is 2.48. The van der Waals surface area contributed by atoms with Crippen molar-refractivity contribution in [1.82, 2.24) is 5.32 Å². The summed E-state index contributed by atoms with van der Waals surface area (Å²) in [4.78, 5) is 23.5. The van der Waals surface area contributed by atoms with Crippen molar-refractivity contribution in [2.24, 2.45) is 5.92 Å². The van der Waals surface area contributed by atoms with E-state index in [1.54, 1.807) is 12.1 Å². The van der Waals surface area contributed by atoms with Crippen LogP contribution in [0.2, 0.25) is 5.02 Å². The number of hydrogen-bond donors (Lipinski definition) is 2. The fourth-order valence-corrected chi connectivity index (χ4v) is 3.33. The van der Waals surface area contributed by atoms with Gasteiger partial charge in [0.1, 0.15) is 0 Å². The molecule has 112 valence electrons. The van der Waals surface area contributed by atoms with E-state index in [9.17, 15) is 9.59 Å². The van der Waals surface area contributed by atoms with Crippen LogP contribution in [0.3, 0.4) is 0 Å². The number of carboxylic acids is 1. The Morgan fingerprint density at radius 1 is 1.19 bits per heavy atom. The lowest BCUT2D eigenvalue weighted by Gasteiger charge is -2.19. The molecular weight excluding hydrogens is 290 g/mol. The first kappa shape index (κ1) is 14.4. The van der Waals surface area contributed by atoms with Crippen molar-refractivity contribution in [1.29, 1.82) is 0 Å². The van der Waals surface area contributed by atoms with Crippen LogP contribution < -0.4 is 5.32 Å². The lowest BCUT2D eigenvalue weighted by Crippen LogP contribution is -2.40.